The van der Waals surface area contributed by atoms with Crippen molar-refractivity contribution in [2.24, 2.45) is 0 Å². The van der Waals surface area contributed by atoms with E-state index in [4.69, 9.17) is 15.0 Å². The molecule has 0 fully saturated rings. The van der Waals surface area contributed by atoms with Crippen LogP contribution in [0, 0.1) is 0 Å². The van der Waals surface area contributed by atoms with E-state index in [1.165, 1.54) is 59.7 Å². The third-order valence-electron chi connectivity index (χ3n) is 13.3. The van der Waals surface area contributed by atoms with Crippen molar-refractivity contribution in [2.45, 2.75) is 0 Å². The molecule has 0 amide bonds. The Kier molecular flexibility index (Phi) is 9.14. The zero-order valence-corrected chi connectivity index (χ0v) is 36.4. The summed E-state index contributed by atoms with van der Waals surface area (Å²) in [6.07, 6.45) is 0. The van der Waals surface area contributed by atoms with E-state index in [9.17, 15) is 0 Å². The largest absolute Gasteiger partial charge is 0.309 e. The molecule has 13 aromatic rings. The van der Waals surface area contributed by atoms with Crippen LogP contribution in [0.25, 0.3) is 127 Å². The summed E-state index contributed by atoms with van der Waals surface area (Å²) in [5.74, 6) is 1.86. The first-order valence-corrected chi connectivity index (χ1v) is 22.8. The molecule has 0 unspecified atom stereocenters. The lowest BCUT2D eigenvalue weighted by Gasteiger charge is -2.15. The highest BCUT2D eigenvalue weighted by Crippen LogP contribution is 2.41. The Morgan fingerprint density at radius 2 is 0.791 bits per heavy atom. The normalized spacial score (nSPS) is 11.6. The van der Waals surface area contributed by atoms with Crippen molar-refractivity contribution in [1.82, 2.24) is 19.5 Å². The molecule has 0 spiro atoms. The second-order valence-electron chi connectivity index (χ2n) is 17.1. The molecule has 0 N–H and O–H groups in total. The molecule has 4 heteroatoms. The molecular weight excluding hydrogens is 813 g/mol. The summed E-state index contributed by atoms with van der Waals surface area (Å²) in [6.45, 7) is 0. The van der Waals surface area contributed by atoms with E-state index in [1.807, 2.05) is 6.07 Å². The highest BCUT2D eigenvalue weighted by atomic mass is 15.0. The minimum Gasteiger partial charge on any atom is -0.309 e. The van der Waals surface area contributed by atoms with Crippen LogP contribution in [0.15, 0.2) is 243 Å². The summed E-state index contributed by atoms with van der Waals surface area (Å²) in [4.78, 5) is 15.7. The van der Waals surface area contributed by atoms with Gasteiger partial charge in [0, 0.05) is 33.2 Å². The lowest BCUT2D eigenvalue weighted by Crippen LogP contribution is -2.01. The molecular formula is C63H40N4. The molecule has 2 heterocycles. The number of hydrogen-bond donors (Lipinski definition) is 0. The maximum atomic E-state index is 5.24. The topological polar surface area (TPSA) is 43.6 Å². The van der Waals surface area contributed by atoms with Crippen LogP contribution in [0.2, 0.25) is 0 Å². The molecule has 4 nitrogen and oxygen atoms in total. The van der Waals surface area contributed by atoms with Gasteiger partial charge in [-0.05, 0) is 102 Å². The second-order valence-corrected chi connectivity index (χ2v) is 17.1. The molecule has 2 aromatic heterocycles. The van der Waals surface area contributed by atoms with Crippen LogP contribution in [0.3, 0.4) is 0 Å². The Morgan fingerprint density at radius 3 is 1.54 bits per heavy atom. The van der Waals surface area contributed by atoms with E-state index in [1.54, 1.807) is 0 Å². The number of hydrogen-bond acceptors (Lipinski definition) is 3. The van der Waals surface area contributed by atoms with Gasteiger partial charge in [-0.15, -0.1) is 0 Å². The monoisotopic (exact) mass is 852 g/mol. The van der Waals surface area contributed by atoms with Crippen molar-refractivity contribution >= 4 is 54.1 Å². The van der Waals surface area contributed by atoms with Gasteiger partial charge in [0.05, 0.1) is 11.0 Å². The van der Waals surface area contributed by atoms with Crippen LogP contribution in [-0.4, -0.2) is 19.5 Å². The van der Waals surface area contributed by atoms with E-state index >= 15 is 0 Å². The standard InChI is InChI=1S/C63H40N4/c1-3-15-42(16-4-1)50-21-11-12-25-55(50)63-65-61(45-31-27-41(28-32-45)47-36-38-59-57(39-47)53-24-13-14-26-58(53)67(59)49-19-5-2-6-20-49)64-62(66-63)46-33-29-44(30-34-46)60-52-23-10-8-18-48(52)40-56-51-22-9-7-17-43(51)35-37-54(56)60/h1-40H. The van der Waals surface area contributed by atoms with Crippen LogP contribution in [0.1, 0.15) is 0 Å². The fourth-order valence-corrected chi connectivity index (χ4v) is 10.0. The molecule has 0 aliphatic rings. The Hall–Kier alpha value is -8.99. The predicted molar refractivity (Wildman–Crippen MR) is 279 cm³/mol. The minimum atomic E-state index is 0.617. The second kappa shape index (κ2) is 15.9. The maximum Gasteiger partial charge on any atom is 0.164 e. The van der Waals surface area contributed by atoms with E-state index in [0.29, 0.717) is 17.5 Å². The molecule has 0 atom stereocenters. The number of rotatable bonds is 7. The molecule has 0 aliphatic carbocycles. The van der Waals surface area contributed by atoms with E-state index in [0.717, 1.165) is 50.2 Å². The molecule has 0 saturated heterocycles. The van der Waals surface area contributed by atoms with Gasteiger partial charge in [0.2, 0.25) is 0 Å². The lowest BCUT2D eigenvalue weighted by molar-refractivity contribution is 1.07. The summed E-state index contributed by atoms with van der Waals surface area (Å²) in [7, 11) is 0. The van der Waals surface area contributed by atoms with Crippen molar-refractivity contribution < 1.29 is 0 Å². The van der Waals surface area contributed by atoms with Gasteiger partial charge in [-0.3, -0.25) is 0 Å². The smallest absolute Gasteiger partial charge is 0.164 e. The van der Waals surface area contributed by atoms with E-state index in [-0.39, 0.29) is 0 Å². The van der Waals surface area contributed by atoms with Crippen LogP contribution in [0.5, 0.6) is 0 Å². The molecule has 0 aliphatic heterocycles. The molecule has 312 valence electrons. The summed E-state index contributed by atoms with van der Waals surface area (Å²) in [5.41, 5.74) is 13.1. The quantitative estimate of drug-likeness (QED) is 0.118. The molecule has 0 saturated carbocycles. The zero-order valence-electron chi connectivity index (χ0n) is 36.4. The van der Waals surface area contributed by atoms with E-state index in [2.05, 4.69) is 241 Å². The summed E-state index contributed by atoms with van der Waals surface area (Å²) in [5, 5.41) is 9.87. The summed E-state index contributed by atoms with van der Waals surface area (Å²) in [6, 6.07) is 86.5. The highest BCUT2D eigenvalue weighted by Gasteiger charge is 2.18. The van der Waals surface area contributed by atoms with Crippen molar-refractivity contribution in [3.8, 4) is 73.2 Å². The third-order valence-corrected chi connectivity index (χ3v) is 13.3. The average molecular weight is 853 g/mol. The SMILES string of the molecule is c1ccc(-c2ccccc2-c2nc(-c3ccc(-c4ccc5c(c4)c4ccccc4n5-c4ccccc4)cc3)nc(-c3ccc(-c4c5ccccc5cc5c4ccc4ccccc45)cc3)n2)cc1. The first-order chi connectivity index (χ1) is 33.2. The van der Waals surface area contributed by atoms with Crippen molar-refractivity contribution in [3.63, 3.8) is 0 Å². The summed E-state index contributed by atoms with van der Waals surface area (Å²) < 4.78 is 2.35. The molecule has 11 aromatic carbocycles. The van der Waals surface area contributed by atoms with Gasteiger partial charge in [-0.1, -0.05) is 206 Å². The molecule has 67 heavy (non-hydrogen) atoms. The Morgan fingerprint density at radius 1 is 0.254 bits per heavy atom. The Labute approximate surface area is 387 Å². The van der Waals surface area contributed by atoms with Gasteiger partial charge < -0.3 is 4.57 Å². The molecule has 0 bridgehead atoms. The number of fused-ring (bicyclic) bond motifs is 7. The summed E-state index contributed by atoms with van der Waals surface area (Å²) >= 11 is 0. The Balaban J connectivity index is 0.924. The average Bonchev–Trinajstić information content (AvgIpc) is 3.74. The van der Waals surface area contributed by atoms with Crippen LogP contribution < -0.4 is 0 Å². The highest BCUT2D eigenvalue weighted by molar-refractivity contribution is 6.20. The first-order valence-electron chi connectivity index (χ1n) is 22.8. The van der Waals surface area contributed by atoms with Gasteiger partial charge in [-0.25, -0.2) is 15.0 Å². The van der Waals surface area contributed by atoms with E-state index < -0.39 is 0 Å². The van der Waals surface area contributed by atoms with Gasteiger partial charge in [-0.2, -0.15) is 0 Å². The minimum absolute atomic E-state index is 0.617. The van der Waals surface area contributed by atoms with Crippen molar-refractivity contribution in [2.75, 3.05) is 0 Å². The first kappa shape index (κ1) is 38.5. The molecule has 13 rings (SSSR count). The predicted octanol–water partition coefficient (Wildman–Crippen LogP) is 16.4. The van der Waals surface area contributed by atoms with Gasteiger partial charge in [0.25, 0.3) is 0 Å². The van der Waals surface area contributed by atoms with Gasteiger partial charge >= 0.3 is 0 Å². The number of benzene rings is 11. The zero-order chi connectivity index (χ0) is 44.3. The van der Waals surface area contributed by atoms with Crippen LogP contribution in [0.4, 0.5) is 0 Å². The van der Waals surface area contributed by atoms with Crippen LogP contribution >= 0.6 is 0 Å². The fourth-order valence-electron chi connectivity index (χ4n) is 10.0. The maximum absolute atomic E-state index is 5.24. The Bertz CT molecular complexity index is 4010. The number of nitrogens with zero attached hydrogens (tertiary/aromatic N) is 4. The lowest BCUT2D eigenvalue weighted by atomic mass is 9.89. The number of aromatic nitrogens is 4. The van der Waals surface area contributed by atoms with Gasteiger partial charge in [0.15, 0.2) is 17.5 Å². The third kappa shape index (κ3) is 6.65. The fraction of sp³-hybridized carbons (Fsp3) is 0. The van der Waals surface area contributed by atoms with Gasteiger partial charge in [0.1, 0.15) is 0 Å². The van der Waals surface area contributed by atoms with Crippen LogP contribution in [-0.2, 0) is 0 Å². The van der Waals surface area contributed by atoms with Crippen molar-refractivity contribution in [1.29, 1.82) is 0 Å². The number of para-hydroxylation sites is 2. The molecule has 0 radical (unpaired) electrons. The van der Waals surface area contributed by atoms with Crippen molar-refractivity contribution in [3.05, 3.63) is 243 Å².